The third-order valence-electron chi connectivity index (χ3n) is 4.48. The molecule has 0 saturated heterocycles. The number of benzene rings is 1. The van der Waals surface area contributed by atoms with Crippen LogP contribution in [0, 0.1) is 0 Å². The number of fused-ring (bicyclic) bond motifs is 1. The molecule has 0 amide bonds. The van der Waals surface area contributed by atoms with E-state index >= 15 is 0 Å². The van der Waals surface area contributed by atoms with Crippen LogP contribution in [0.1, 0.15) is 50.5 Å². The summed E-state index contributed by atoms with van der Waals surface area (Å²) in [6.07, 6.45) is 8.44. The molecule has 0 bridgehead atoms. The molecule has 1 aliphatic rings. The summed E-state index contributed by atoms with van der Waals surface area (Å²) < 4.78 is 0. The van der Waals surface area contributed by atoms with Crippen molar-refractivity contribution in [2.75, 3.05) is 6.54 Å². The summed E-state index contributed by atoms with van der Waals surface area (Å²) in [6.45, 7) is 3.37. The molecule has 1 saturated carbocycles. The van der Waals surface area contributed by atoms with Crippen LogP contribution in [0.5, 0.6) is 0 Å². The molecule has 1 aliphatic carbocycles. The van der Waals surface area contributed by atoms with Crippen molar-refractivity contribution >= 4 is 10.9 Å². The zero-order chi connectivity index (χ0) is 13.8. The van der Waals surface area contributed by atoms with Crippen LogP contribution >= 0.6 is 0 Å². The van der Waals surface area contributed by atoms with Crippen molar-refractivity contribution < 1.29 is 0 Å². The van der Waals surface area contributed by atoms with Crippen molar-refractivity contribution in [1.29, 1.82) is 0 Å². The lowest BCUT2D eigenvalue weighted by Gasteiger charge is -2.33. The molecule has 0 spiro atoms. The molecular weight excluding hydrogens is 244 g/mol. The predicted octanol–water partition coefficient (Wildman–Crippen LogP) is 4.26. The Morgan fingerprint density at radius 1 is 1.20 bits per heavy atom. The zero-order valence-corrected chi connectivity index (χ0v) is 12.3. The lowest BCUT2D eigenvalue weighted by molar-refractivity contribution is 0.328. The second-order valence-corrected chi connectivity index (χ2v) is 5.91. The topological polar surface area (TPSA) is 24.9 Å². The molecule has 2 aromatic rings. The summed E-state index contributed by atoms with van der Waals surface area (Å²) in [5.41, 5.74) is 2.59. The maximum Gasteiger partial charge on any atom is 0.0704 e. The molecule has 1 aromatic heterocycles. The fourth-order valence-corrected chi connectivity index (χ4v) is 3.42. The Hall–Kier alpha value is -1.41. The number of hydrogen-bond acceptors (Lipinski definition) is 2. The number of pyridine rings is 1. The molecule has 2 nitrogen and oxygen atoms in total. The van der Waals surface area contributed by atoms with Crippen LogP contribution in [0.3, 0.4) is 0 Å². The summed E-state index contributed by atoms with van der Waals surface area (Å²) in [5.74, 6) is 0.654. The molecule has 1 fully saturated rings. The van der Waals surface area contributed by atoms with Crippen LogP contribution in [-0.2, 0) is 0 Å². The van der Waals surface area contributed by atoms with E-state index in [1.54, 1.807) is 0 Å². The van der Waals surface area contributed by atoms with Crippen LogP contribution in [0.25, 0.3) is 10.9 Å². The molecule has 2 heteroatoms. The summed E-state index contributed by atoms with van der Waals surface area (Å²) in [5, 5.41) is 4.99. The second kappa shape index (κ2) is 6.36. The van der Waals surface area contributed by atoms with E-state index in [-0.39, 0.29) is 0 Å². The minimum absolute atomic E-state index is 0.643. The van der Waals surface area contributed by atoms with E-state index in [1.165, 1.54) is 43.1 Å². The van der Waals surface area contributed by atoms with E-state index < -0.39 is 0 Å². The Morgan fingerprint density at radius 3 is 3.00 bits per heavy atom. The van der Waals surface area contributed by atoms with Crippen LogP contribution in [0.4, 0.5) is 0 Å². The third kappa shape index (κ3) is 2.85. The lowest BCUT2D eigenvalue weighted by Crippen LogP contribution is -2.37. The first-order valence-corrected chi connectivity index (χ1v) is 7.96. The highest BCUT2D eigenvalue weighted by atomic mass is 14.9. The average Bonchev–Trinajstić information content (AvgIpc) is 2.53. The van der Waals surface area contributed by atoms with Crippen molar-refractivity contribution in [3.8, 4) is 0 Å². The molecule has 1 aromatic carbocycles. The fourth-order valence-electron chi connectivity index (χ4n) is 3.42. The molecule has 2 unspecified atom stereocenters. The van der Waals surface area contributed by atoms with Crippen molar-refractivity contribution in [1.82, 2.24) is 10.3 Å². The summed E-state index contributed by atoms with van der Waals surface area (Å²) in [6, 6.07) is 11.6. The number of nitrogens with one attached hydrogen (secondary N) is 1. The molecule has 20 heavy (non-hydrogen) atoms. The zero-order valence-electron chi connectivity index (χ0n) is 12.3. The predicted molar refractivity (Wildman–Crippen MR) is 85.0 cm³/mol. The molecule has 106 valence electrons. The largest absolute Gasteiger partial charge is 0.313 e. The van der Waals surface area contributed by atoms with Crippen molar-refractivity contribution in [3.05, 3.63) is 42.1 Å². The van der Waals surface area contributed by atoms with E-state index in [1.807, 2.05) is 12.3 Å². The number of hydrogen-bond donors (Lipinski definition) is 1. The molecule has 1 heterocycles. The van der Waals surface area contributed by atoms with Gasteiger partial charge in [0.15, 0.2) is 0 Å². The van der Waals surface area contributed by atoms with Gasteiger partial charge in [0, 0.05) is 17.6 Å². The van der Waals surface area contributed by atoms with Gasteiger partial charge < -0.3 is 5.32 Å². The molecular formula is C18H24N2. The number of rotatable bonds is 4. The highest BCUT2D eigenvalue weighted by molar-refractivity contribution is 5.79. The number of aromatic nitrogens is 1. The van der Waals surface area contributed by atoms with Gasteiger partial charge >= 0.3 is 0 Å². The quantitative estimate of drug-likeness (QED) is 0.896. The average molecular weight is 268 g/mol. The molecule has 0 radical (unpaired) electrons. The summed E-state index contributed by atoms with van der Waals surface area (Å²) in [4.78, 5) is 4.50. The van der Waals surface area contributed by atoms with Gasteiger partial charge in [0.05, 0.1) is 5.52 Å². The van der Waals surface area contributed by atoms with E-state index in [9.17, 15) is 0 Å². The second-order valence-electron chi connectivity index (χ2n) is 5.91. The van der Waals surface area contributed by atoms with Crippen LogP contribution < -0.4 is 5.32 Å². The maximum absolute atomic E-state index is 4.50. The normalized spacial score (nSPS) is 23.1. The SMILES string of the molecule is CCCNC1CCCCC1c1ccc2cccnc2c1. The van der Waals surface area contributed by atoms with Crippen LogP contribution in [-0.4, -0.2) is 17.6 Å². The van der Waals surface area contributed by atoms with Crippen molar-refractivity contribution in [3.63, 3.8) is 0 Å². The smallest absolute Gasteiger partial charge is 0.0704 e. The van der Waals surface area contributed by atoms with Crippen LogP contribution in [0.15, 0.2) is 36.5 Å². The van der Waals surface area contributed by atoms with E-state index in [2.05, 4.69) is 41.5 Å². The van der Waals surface area contributed by atoms with Gasteiger partial charge in [-0.2, -0.15) is 0 Å². The first-order chi connectivity index (χ1) is 9.88. The Kier molecular flexibility index (Phi) is 4.31. The summed E-state index contributed by atoms with van der Waals surface area (Å²) in [7, 11) is 0. The van der Waals surface area contributed by atoms with E-state index in [0.29, 0.717) is 12.0 Å². The van der Waals surface area contributed by atoms with Gasteiger partial charge in [-0.3, -0.25) is 4.98 Å². The van der Waals surface area contributed by atoms with Gasteiger partial charge in [0.2, 0.25) is 0 Å². The Labute approximate surface area is 121 Å². The van der Waals surface area contributed by atoms with Gasteiger partial charge in [0.25, 0.3) is 0 Å². The van der Waals surface area contributed by atoms with Gasteiger partial charge in [0.1, 0.15) is 0 Å². The fraction of sp³-hybridized carbons (Fsp3) is 0.500. The first-order valence-electron chi connectivity index (χ1n) is 7.96. The molecule has 0 aliphatic heterocycles. The Balaban J connectivity index is 1.86. The molecule has 2 atom stereocenters. The van der Waals surface area contributed by atoms with Gasteiger partial charge in [-0.15, -0.1) is 0 Å². The van der Waals surface area contributed by atoms with Crippen LogP contribution in [0.2, 0.25) is 0 Å². The summed E-state index contributed by atoms with van der Waals surface area (Å²) >= 11 is 0. The first kappa shape index (κ1) is 13.6. The maximum atomic E-state index is 4.50. The minimum atomic E-state index is 0.643. The highest BCUT2D eigenvalue weighted by Gasteiger charge is 2.25. The van der Waals surface area contributed by atoms with E-state index in [4.69, 9.17) is 0 Å². The van der Waals surface area contributed by atoms with Crippen molar-refractivity contribution in [2.45, 2.75) is 51.0 Å². The highest BCUT2D eigenvalue weighted by Crippen LogP contribution is 2.34. The molecule has 3 rings (SSSR count). The third-order valence-corrected chi connectivity index (χ3v) is 4.48. The van der Waals surface area contributed by atoms with Gasteiger partial charge in [-0.05, 0) is 49.4 Å². The minimum Gasteiger partial charge on any atom is -0.313 e. The monoisotopic (exact) mass is 268 g/mol. The van der Waals surface area contributed by atoms with E-state index in [0.717, 1.165) is 12.1 Å². The Bertz CT molecular complexity index is 564. The van der Waals surface area contributed by atoms with Gasteiger partial charge in [-0.25, -0.2) is 0 Å². The molecule has 1 N–H and O–H groups in total. The standard InChI is InChI=1S/C18H24N2/c1-2-11-19-17-8-4-3-7-16(17)15-10-9-14-6-5-12-20-18(14)13-15/h5-6,9-10,12-13,16-17,19H,2-4,7-8,11H2,1H3. The number of nitrogens with zero attached hydrogens (tertiary/aromatic N) is 1. The Morgan fingerprint density at radius 2 is 2.10 bits per heavy atom. The van der Waals surface area contributed by atoms with Gasteiger partial charge in [-0.1, -0.05) is 38.0 Å². The lowest BCUT2D eigenvalue weighted by atomic mass is 9.79. The van der Waals surface area contributed by atoms with Crippen molar-refractivity contribution in [2.24, 2.45) is 0 Å².